The number of amides is 1. The first-order valence-corrected chi connectivity index (χ1v) is 8.63. The van der Waals surface area contributed by atoms with Crippen LogP contribution in [0.1, 0.15) is 18.5 Å². The molecule has 28 heavy (non-hydrogen) atoms. The fraction of sp³-hybridized carbons (Fsp3) is 0.263. The monoisotopic (exact) mass is 383 g/mol. The Labute approximate surface area is 161 Å². The zero-order chi connectivity index (χ0) is 20.1. The Morgan fingerprint density at radius 2 is 1.86 bits per heavy atom. The molecule has 0 unspecified atom stereocenters. The van der Waals surface area contributed by atoms with Crippen LogP contribution in [-0.2, 0) is 11.3 Å². The van der Waals surface area contributed by atoms with E-state index in [1.54, 1.807) is 56.7 Å². The molecule has 9 heteroatoms. The van der Waals surface area contributed by atoms with Crippen LogP contribution in [0, 0.1) is 0 Å². The largest absolute Gasteiger partial charge is 0.497 e. The first-order valence-electron chi connectivity index (χ1n) is 8.63. The number of hydrogen-bond donors (Lipinski definition) is 1. The number of aromatic nitrogens is 4. The molecule has 0 aliphatic carbocycles. The van der Waals surface area contributed by atoms with Gasteiger partial charge in [0.05, 0.1) is 25.9 Å². The maximum atomic E-state index is 12.4. The zero-order valence-electron chi connectivity index (χ0n) is 15.8. The summed E-state index contributed by atoms with van der Waals surface area (Å²) in [6.45, 7) is 1.57. The number of nitrogens with one attached hydrogen (secondary N) is 1. The number of para-hydroxylation sites is 1. The van der Waals surface area contributed by atoms with Gasteiger partial charge in [-0.3, -0.25) is 4.79 Å². The molecule has 2 aromatic carbocycles. The predicted octanol–water partition coefficient (Wildman–Crippen LogP) is 1.32. The van der Waals surface area contributed by atoms with Gasteiger partial charge >= 0.3 is 5.69 Å². The van der Waals surface area contributed by atoms with Crippen molar-refractivity contribution in [1.82, 2.24) is 25.1 Å². The topological polar surface area (TPSA) is 100 Å². The first kappa shape index (κ1) is 19.2. The molecule has 0 spiro atoms. The van der Waals surface area contributed by atoms with Crippen LogP contribution in [-0.4, -0.2) is 39.9 Å². The zero-order valence-corrected chi connectivity index (χ0v) is 15.8. The standard InChI is InChI=1S/C19H21N5O4/c1-13(16-11-15(27-2)9-10-17(16)28-3)20-18(25)12-23-19(26)24(22-21-23)14-7-5-4-6-8-14/h4-11,13H,12H2,1-3H3,(H,20,25)/t13-/m1/s1. The lowest BCUT2D eigenvalue weighted by molar-refractivity contribution is -0.122. The van der Waals surface area contributed by atoms with Crippen LogP contribution in [0.2, 0.25) is 0 Å². The molecular formula is C19H21N5O4. The van der Waals surface area contributed by atoms with E-state index in [0.29, 0.717) is 17.2 Å². The number of nitrogens with zero attached hydrogens (tertiary/aromatic N) is 4. The van der Waals surface area contributed by atoms with Gasteiger partial charge in [0.25, 0.3) is 0 Å². The maximum Gasteiger partial charge on any atom is 0.368 e. The molecule has 0 aliphatic rings. The lowest BCUT2D eigenvalue weighted by Crippen LogP contribution is -2.34. The van der Waals surface area contributed by atoms with E-state index < -0.39 is 5.69 Å². The molecular weight excluding hydrogens is 362 g/mol. The first-order chi connectivity index (χ1) is 13.5. The van der Waals surface area contributed by atoms with Crippen molar-refractivity contribution in [2.75, 3.05) is 14.2 Å². The molecule has 1 atom stereocenters. The van der Waals surface area contributed by atoms with Crippen molar-refractivity contribution >= 4 is 5.91 Å². The van der Waals surface area contributed by atoms with Crippen LogP contribution >= 0.6 is 0 Å². The van der Waals surface area contributed by atoms with E-state index in [-0.39, 0.29) is 18.5 Å². The third kappa shape index (κ3) is 4.03. The summed E-state index contributed by atoms with van der Waals surface area (Å²) < 4.78 is 12.7. The summed E-state index contributed by atoms with van der Waals surface area (Å²) in [5, 5.41) is 10.4. The highest BCUT2D eigenvalue weighted by atomic mass is 16.5. The summed E-state index contributed by atoms with van der Waals surface area (Å²) in [6.07, 6.45) is 0. The van der Waals surface area contributed by atoms with E-state index in [1.165, 1.54) is 0 Å². The predicted molar refractivity (Wildman–Crippen MR) is 102 cm³/mol. The van der Waals surface area contributed by atoms with Gasteiger partial charge in [-0.25, -0.2) is 4.79 Å². The van der Waals surface area contributed by atoms with Crippen LogP contribution in [0.4, 0.5) is 0 Å². The molecule has 3 rings (SSSR count). The smallest absolute Gasteiger partial charge is 0.368 e. The summed E-state index contributed by atoms with van der Waals surface area (Å²) in [5.74, 6) is 0.902. The minimum Gasteiger partial charge on any atom is -0.497 e. The third-order valence-corrected chi connectivity index (χ3v) is 4.21. The normalized spacial score (nSPS) is 11.7. The highest BCUT2D eigenvalue weighted by Crippen LogP contribution is 2.29. The van der Waals surface area contributed by atoms with Crippen molar-refractivity contribution in [2.45, 2.75) is 19.5 Å². The molecule has 0 aliphatic heterocycles. The lowest BCUT2D eigenvalue weighted by Gasteiger charge is -2.18. The molecule has 0 saturated heterocycles. The van der Waals surface area contributed by atoms with Gasteiger partial charge in [0.1, 0.15) is 18.0 Å². The van der Waals surface area contributed by atoms with Gasteiger partial charge in [0.15, 0.2) is 0 Å². The van der Waals surface area contributed by atoms with Crippen LogP contribution in [0.15, 0.2) is 53.3 Å². The summed E-state index contributed by atoms with van der Waals surface area (Å²) in [6, 6.07) is 13.9. The summed E-state index contributed by atoms with van der Waals surface area (Å²) in [5.41, 5.74) is 0.845. The fourth-order valence-corrected chi connectivity index (χ4v) is 2.78. The second kappa shape index (κ2) is 8.38. The summed E-state index contributed by atoms with van der Waals surface area (Å²) in [4.78, 5) is 24.9. The Hall–Kier alpha value is -3.62. The van der Waals surface area contributed by atoms with Crippen LogP contribution in [0.5, 0.6) is 11.5 Å². The van der Waals surface area contributed by atoms with E-state index in [9.17, 15) is 9.59 Å². The number of ether oxygens (including phenoxy) is 2. The van der Waals surface area contributed by atoms with Crippen LogP contribution < -0.4 is 20.5 Å². The van der Waals surface area contributed by atoms with Crippen molar-refractivity contribution in [3.05, 3.63) is 64.6 Å². The quantitative estimate of drug-likeness (QED) is 0.661. The van der Waals surface area contributed by atoms with E-state index in [0.717, 1.165) is 14.9 Å². The van der Waals surface area contributed by atoms with Gasteiger partial charge in [0.2, 0.25) is 5.91 Å². The second-order valence-electron chi connectivity index (χ2n) is 6.06. The van der Waals surface area contributed by atoms with Gasteiger partial charge in [-0.1, -0.05) is 18.2 Å². The average Bonchev–Trinajstić information content (AvgIpc) is 3.08. The van der Waals surface area contributed by atoms with Crippen molar-refractivity contribution in [1.29, 1.82) is 0 Å². The van der Waals surface area contributed by atoms with E-state index in [2.05, 4.69) is 15.7 Å². The SMILES string of the molecule is COc1ccc(OC)c([C@@H](C)NC(=O)Cn2nnn(-c3ccccc3)c2=O)c1. The molecule has 1 aromatic heterocycles. The van der Waals surface area contributed by atoms with E-state index in [4.69, 9.17) is 9.47 Å². The number of carbonyl (C=O) groups is 1. The highest BCUT2D eigenvalue weighted by Gasteiger charge is 2.17. The lowest BCUT2D eigenvalue weighted by atomic mass is 10.1. The Balaban J connectivity index is 1.73. The number of hydrogen-bond acceptors (Lipinski definition) is 6. The Morgan fingerprint density at radius 3 is 2.54 bits per heavy atom. The van der Waals surface area contributed by atoms with Crippen molar-refractivity contribution in [3.8, 4) is 17.2 Å². The number of rotatable bonds is 7. The van der Waals surface area contributed by atoms with E-state index >= 15 is 0 Å². The molecule has 1 amide bonds. The van der Waals surface area contributed by atoms with Crippen molar-refractivity contribution in [3.63, 3.8) is 0 Å². The van der Waals surface area contributed by atoms with Gasteiger partial charge in [-0.15, -0.1) is 0 Å². The van der Waals surface area contributed by atoms with Crippen molar-refractivity contribution < 1.29 is 14.3 Å². The Kier molecular flexibility index (Phi) is 5.73. The summed E-state index contributed by atoms with van der Waals surface area (Å²) in [7, 11) is 3.12. The second-order valence-corrected chi connectivity index (χ2v) is 6.06. The van der Waals surface area contributed by atoms with Crippen LogP contribution in [0.3, 0.4) is 0 Å². The number of tetrazole rings is 1. The number of methoxy groups -OCH3 is 2. The molecule has 3 aromatic rings. The van der Waals surface area contributed by atoms with Gasteiger partial charge in [-0.2, -0.15) is 9.36 Å². The van der Waals surface area contributed by atoms with Gasteiger partial charge in [0, 0.05) is 5.56 Å². The van der Waals surface area contributed by atoms with Crippen LogP contribution in [0.25, 0.3) is 5.69 Å². The number of carbonyl (C=O) groups excluding carboxylic acids is 1. The van der Waals surface area contributed by atoms with Gasteiger partial charge < -0.3 is 14.8 Å². The third-order valence-electron chi connectivity index (χ3n) is 4.21. The molecule has 0 radical (unpaired) electrons. The average molecular weight is 383 g/mol. The molecule has 0 fully saturated rings. The molecule has 0 bridgehead atoms. The summed E-state index contributed by atoms with van der Waals surface area (Å²) >= 11 is 0. The molecule has 0 saturated carbocycles. The van der Waals surface area contributed by atoms with Crippen molar-refractivity contribution in [2.24, 2.45) is 0 Å². The van der Waals surface area contributed by atoms with E-state index in [1.807, 2.05) is 13.0 Å². The molecule has 1 N–H and O–H groups in total. The Bertz CT molecular complexity index is 1010. The number of benzene rings is 2. The minimum absolute atomic E-state index is 0.248. The molecule has 146 valence electrons. The molecule has 1 heterocycles. The maximum absolute atomic E-state index is 12.4. The highest BCUT2D eigenvalue weighted by molar-refractivity contribution is 5.76. The van der Waals surface area contributed by atoms with Gasteiger partial charge in [-0.05, 0) is 47.7 Å². The Morgan fingerprint density at radius 1 is 1.11 bits per heavy atom. The minimum atomic E-state index is -0.493. The molecule has 9 nitrogen and oxygen atoms in total. The fourth-order valence-electron chi connectivity index (χ4n) is 2.78.